The summed E-state index contributed by atoms with van der Waals surface area (Å²) < 4.78 is 5.45. The maximum absolute atomic E-state index is 11.1. The Bertz CT molecular complexity index is 345. The molecule has 0 fully saturated rings. The van der Waals surface area contributed by atoms with Gasteiger partial charge in [-0.05, 0) is 39.0 Å². The van der Waals surface area contributed by atoms with Gasteiger partial charge in [0, 0.05) is 5.56 Å². The van der Waals surface area contributed by atoms with E-state index in [1.807, 2.05) is 13.8 Å². The second kappa shape index (κ2) is 4.47. The highest BCUT2D eigenvalue weighted by Crippen LogP contribution is 2.26. The van der Waals surface area contributed by atoms with Crippen LogP contribution in [0.3, 0.4) is 0 Å². The fraction of sp³-hybridized carbons (Fsp3) is 0.364. The SMILES string of the molecule is CC(=O)c1ccc(Cl)c(OC(C)C)c1. The van der Waals surface area contributed by atoms with E-state index in [4.69, 9.17) is 16.3 Å². The minimum Gasteiger partial charge on any atom is -0.489 e. The number of hydrogen-bond donors (Lipinski definition) is 0. The molecule has 1 rings (SSSR count). The van der Waals surface area contributed by atoms with Crippen molar-refractivity contribution in [2.24, 2.45) is 0 Å². The van der Waals surface area contributed by atoms with Crippen molar-refractivity contribution >= 4 is 17.4 Å². The lowest BCUT2D eigenvalue weighted by Gasteiger charge is -2.11. The monoisotopic (exact) mass is 212 g/mol. The predicted molar refractivity (Wildman–Crippen MR) is 57.2 cm³/mol. The van der Waals surface area contributed by atoms with Crippen LogP contribution in [0.5, 0.6) is 5.75 Å². The second-order valence-corrected chi connectivity index (χ2v) is 3.78. The minimum atomic E-state index is 0.00951. The molecule has 0 atom stereocenters. The van der Waals surface area contributed by atoms with Gasteiger partial charge in [0.15, 0.2) is 5.78 Å². The van der Waals surface area contributed by atoms with Crippen molar-refractivity contribution in [1.29, 1.82) is 0 Å². The Morgan fingerprint density at radius 2 is 2.07 bits per heavy atom. The summed E-state index contributed by atoms with van der Waals surface area (Å²) in [5.74, 6) is 0.574. The fourth-order valence-corrected chi connectivity index (χ4v) is 1.23. The highest BCUT2D eigenvalue weighted by Gasteiger charge is 2.07. The van der Waals surface area contributed by atoms with Crippen LogP contribution in [0.15, 0.2) is 18.2 Å². The average Bonchev–Trinajstić information content (AvgIpc) is 2.07. The molecule has 0 heterocycles. The van der Waals surface area contributed by atoms with Gasteiger partial charge in [-0.25, -0.2) is 0 Å². The zero-order valence-corrected chi connectivity index (χ0v) is 9.26. The molecule has 0 saturated heterocycles. The number of carbonyl (C=O) groups is 1. The molecule has 76 valence electrons. The Morgan fingerprint density at radius 3 is 2.57 bits per heavy atom. The van der Waals surface area contributed by atoms with Crippen LogP contribution in [0.1, 0.15) is 31.1 Å². The van der Waals surface area contributed by atoms with Gasteiger partial charge in [0.2, 0.25) is 0 Å². The van der Waals surface area contributed by atoms with Crippen LogP contribution in [0.25, 0.3) is 0 Å². The number of ether oxygens (including phenoxy) is 1. The van der Waals surface area contributed by atoms with E-state index in [9.17, 15) is 4.79 Å². The molecular weight excluding hydrogens is 200 g/mol. The lowest BCUT2D eigenvalue weighted by Crippen LogP contribution is -2.06. The molecule has 0 bridgehead atoms. The summed E-state index contributed by atoms with van der Waals surface area (Å²) in [7, 11) is 0. The second-order valence-electron chi connectivity index (χ2n) is 3.37. The van der Waals surface area contributed by atoms with E-state index in [1.54, 1.807) is 18.2 Å². The quantitative estimate of drug-likeness (QED) is 0.719. The number of rotatable bonds is 3. The molecule has 1 aromatic carbocycles. The lowest BCUT2D eigenvalue weighted by atomic mass is 10.1. The van der Waals surface area contributed by atoms with E-state index >= 15 is 0 Å². The number of benzene rings is 1. The van der Waals surface area contributed by atoms with E-state index in [0.29, 0.717) is 16.3 Å². The summed E-state index contributed by atoms with van der Waals surface area (Å²) in [5, 5.41) is 0.531. The van der Waals surface area contributed by atoms with Gasteiger partial charge in [0.05, 0.1) is 11.1 Å². The zero-order valence-electron chi connectivity index (χ0n) is 8.50. The van der Waals surface area contributed by atoms with Crippen LogP contribution in [0.4, 0.5) is 0 Å². The molecule has 0 aliphatic heterocycles. The van der Waals surface area contributed by atoms with Gasteiger partial charge in [0.25, 0.3) is 0 Å². The maximum Gasteiger partial charge on any atom is 0.159 e. The fourth-order valence-electron chi connectivity index (χ4n) is 1.07. The molecule has 0 aliphatic rings. The molecule has 0 spiro atoms. The van der Waals surface area contributed by atoms with Gasteiger partial charge in [0.1, 0.15) is 5.75 Å². The van der Waals surface area contributed by atoms with E-state index in [1.165, 1.54) is 6.92 Å². The van der Waals surface area contributed by atoms with Gasteiger partial charge >= 0.3 is 0 Å². The van der Waals surface area contributed by atoms with Gasteiger partial charge < -0.3 is 4.74 Å². The first kappa shape index (κ1) is 11.1. The number of carbonyl (C=O) groups excluding carboxylic acids is 1. The van der Waals surface area contributed by atoms with Crippen LogP contribution in [-0.4, -0.2) is 11.9 Å². The summed E-state index contributed by atoms with van der Waals surface area (Å²) in [5.41, 5.74) is 0.616. The highest BCUT2D eigenvalue weighted by molar-refractivity contribution is 6.32. The highest BCUT2D eigenvalue weighted by atomic mass is 35.5. The van der Waals surface area contributed by atoms with Gasteiger partial charge in [-0.1, -0.05) is 11.6 Å². The molecule has 0 aliphatic carbocycles. The topological polar surface area (TPSA) is 26.3 Å². The summed E-state index contributed by atoms with van der Waals surface area (Å²) in [6.45, 7) is 5.34. The Balaban J connectivity index is 3.02. The molecule has 0 aromatic heterocycles. The maximum atomic E-state index is 11.1. The standard InChI is InChI=1S/C11H13ClO2/c1-7(2)14-11-6-9(8(3)13)4-5-10(11)12/h4-7H,1-3H3. The predicted octanol–water partition coefficient (Wildman–Crippen LogP) is 3.33. The van der Waals surface area contributed by atoms with E-state index in [2.05, 4.69) is 0 Å². The van der Waals surface area contributed by atoms with Crippen molar-refractivity contribution in [3.63, 3.8) is 0 Å². The van der Waals surface area contributed by atoms with E-state index in [0.717, 1.165) is 0 Å². The Labute approximate surface area is 88.8 Å². The van der Waals surface area contributed by atoms with Gasteiger partial charge in [-0.3, -0.25) is 4.79 Å². The summed E-state index contributed by atoms with van der Waals surface area (Å²) in [4.78, 5) is 11.1. The minimum absolute atomic E-state index is 0.00951. The molecule has 14 heavy (non-hydrogen) atoms. The number of ketones is 1. The number of Topliss-reactive ketones (excluding diaryl/α,β-unsaturated/α-hetero) is 1. The summed E-state index contributed by atoms with van der Waals surface area (Å²) in [6.07, 6.45) is 0.0507. The smallest absolute Gasteiger partial charge is 0.159 e. The van der Waals surface area contributed by atoms with Crippen molar-refractivity contribution in [2.75, 3.05) is 0 Å². The Morgan fingerprint density at radius 1 is 1.43 bits per heavy atom. The number of hydrogen-bond acceptors (Lipinski definition) is 2. The van der Waals surface area contributed by atoms with Crippen LogP contribution in [-0.2, 0) is 0 Å². The third kappa shape index (κ3) is 2.74. The molecule has 2 nitrogen and oxygen atoms in total. The van der Waals surface area contributed by atoms with Gasteiger partial charge in [-0.15, -0.1) is 0 Å². The third-order valence-corrected chi connectivity index (χ3v) is 2.01. The Hall–Kier alpha value is -1.02. The molecule has 0 radical (unpaired) electrons. The third-order valence-electron chi connectivity index (χ3n) is 1.70. The van der Waals surface area contributed by atoms with Crippen molar-refractivity contribution in [1.82, 2.24) is 0 Å². The van der Waals surface area contributed by atoms with E-state index in [-0.39, 0.29) is 11.9 Å². The van der Waals surface area contributed by atoms with Crippen molar-refractivity contribution in [2.45, 2.75) is 26.9 Å². The van der Waals surface area contributed by atoms with Gasteiger partial charge in [-0.2, -0.15) is 0 Å². The molecule has 1 aromatic rings. The molecular formula is C11H13ClO2. The van der Waals surface area contributed by atoms with Crippen molar-refractivity contribution < 1.29 is 9.53 Å². The van der Waals surface area contributed by atoms with Crippen LogP contribution < -0.4 is 4.74 Å². The Kier molecular flexibility index (Phi) is 3.53. The molecule has 0 saturated carbocycles. The molecule has 0 N–H and O–H groups in total. The summed E-state index contributed by atoms with van der Waals surface area (Å²) in [6, 6.07) is 5.04. The van der Waals surface area contributed by atoms with Crippen LogP contribution in [0, 0.1) is 0 Å². The first-order valence-corrected chi connectivity index (χ1v) is 4.85. The molecule has 3 heteroatoms. The lowest BCUT2D eigenvalue weighted by molar-refractivity contribution is 0.101. The van der Waals surface area contributed by atoms with Crippen molar-refractivity contribution in [3.05, 3.63) is 28.8 Å². The summed E-state index contributed by atoms with van der Waals surface area (Å²) >= 11 is 5.91. The van der Waals surface area contributed by atoms with Crippen LogP contribution in [0.2, 0.25) is 5.02 Å². The van der Waals surface area contributed by atoms with E-state index < -0.39 is 0 Å². The zero-order chi connectivity index (χ0) is 10.7. The molecule has 0 unspecified atom stereocenters. The number of halogens is 1. The average molecular weight is 213 g/mol. The van der Waals surface area contributed by atoms with Crippen LogP contribution >= 0.6 is 11.6 Å². The first-order valence-electron chi connectivity index (χ1n) is 4.48. The first-order chi connectivity index (χ1) is 6.50. The normalized spacial score (nSPS) is 10.4. The molecule has 0 amide bonds. The van der Waals surface area contributed by atoms with Crippen molar-refractivity contribution in [3.8, 4) is 5.75 Å². The largest absolute Gasteiger partial charge is 0.489 e.